The summed E-state index contributed by atoms with van der Waals surface area (Å²) in [5, 5.41) is 8.88. The van der Waals surface area contributed by atoms with Gasteiger partial charge in [0.05, 0.1) is 12.1 Å². The average Bonchev–Trinajstić information content (AvgIpc) is 2.01. The van der Waals surface area contributed by atoms with E-state index in [9.17, 15) is 4.79 Å². The van der Waals surface area contributed by atoms with E-state index >= 15 is 0 Å². The van der Waals surface area contributed by atoms with Gasteiger partial charge in [-0.2, -0.15) is 0 Å². The van der Waals surface area contributed by atoms with Crippen molar-refractivity contribution in [3.05, 3.63) is 12.7 Å². The van der Waals surface area contributed by atoms with Gasteiger partial charge in [-0.1, -0.05) is 6.58 Å². The quantitative estimate of drug-likeness (QED) is 0.602. The van der Waals surface area contributed by atoms with Crippen molar-refractivity contribution in [3.63, 3.8) is 0 Å². The standard InChI is InChI=1S/C8H15NO2/c1-5-7(11)9(4)8(2,3)6-10/h5,10H,1,6H2,2-4H3. The molecule has 0 aromatic rings. The lowest BCUT2D eigenvalue weighted by Crippen LogP contribution is -2.46. The van der Waals surface area contributed by atoms with Gasteiger partial charge in [0.1, 0.15) is 0 Å². The molecule has 3 heteroatoms. The first-order chi connectivity index (χ1) is 4.95. The largest absolute Gasteiger partial charge is 0.394 e. The topological polar surface area (TPSA) is 40.5 Å². The van der Waals surface area contributed by atoms with E-state index in [1.54, 1.807) is 20.9 Å². The molecule has 1 N–H and O–H groups in total. The number of rotatable bonds is 3. The number of hydrogen-bond donors (Lipinski definition) is 1. The van der Waals surface area contributed by atoms with E-state index in [0.717, 1.165) is 0 Å². The molecule has 0 unspecified atom stereocenters. The summed E-state index contributed by atoms with van der Waals surface area (Å²) in [6.45, 7) is 6.88. The summed E-state index contributed by atoms with van der Waals surface area (Å²) in [6.07, 6.45) is 1.23. The van der Waals surface area contributed by atoms with E-state index in [1.165, 1.54) is 11.0 Å². The molecule has 3 nitrogen and oxygen atoms in total. The van der Waals surface area contributed by atoms with Gasteiger partial charge in [0, 0.05) is 7.05 Å². The lowest BCUT2D eigenvalue weighted by molar-refractivity contribution is -0.130. The van der Waals surface area contributed by atoms with Gasteiger partial charge in [-0.25, -0.2) is 0 Å². The maximum Gasteiger partial charge on any atom is 0.246 e. The molecule has 1 amide bonds. The van der Waals surface area contributed by atoms with Crippen LogP contribution in [0.15, 0.2) is 12.7 Å². The molecule has 0 saturated heterocycles. The second-order valence-electron chi connectivity index (χ2n) is 3.07. The van der Waals surface area contributed by atoms with Crippen LogP contribution in [0.25, 0.3) is 0 Å². The van der Waals surface area contributed by atoms with E-state index in [1.807, 2.05) is 0 Å². The van der Waals surface area contributed by atoms with Crippen molar-refractivity contribution in [2.45, 2.75) is 19.4 Å². The molecular formula is C8H15NO2. The molecule has 0 aliphatic rings. The second-order valence-corrected chi connectivity index (χ2v) is 3.07. The highest BCUT2D eigenvalue weighted by Gasteiger charge is 2.24. The SMILES string of the molecule is C=CC(=O)N(C)C(C)(C)CO. The molecule has 0 radical (unpaired) electrons. The molecular weight excluding hydrogens is 142 g/mol. The van der Waals surface area contributed by atoms with Gasteiger partial charge < -0.3 is 10.0 Å². The second kappa shape index (κ2) is 3.53. The lowest BCUT2D eigenvalue weighted by atomic mass is 10.1. The normalized spacial score (nSPS) is 10.9. The van der Waals surface area contributed by atoms with Crippen LogP contribution in [0.4, 0.5) is 0 Å². The van der Waals surface area contributed by atoms with E-state index in [0.29, 0.717) is 0 Å². The maximum atomic E-state index is 11.0. The van der Waals surface area contributed by atoms with Crippen LogP contribution in [0, 0.1) is 0 Å². The van der Waals surface area contributed by atoms with Crippen LogP contribution in [-0.2, 0) is 4.79 Å². The highest BCUT2D eigenvalue weighted by molar-refractivity contribution is 5.87. The van der Waals surface area contributed by atoms with Crippen molar-refractivity contribution >= 4 is 5.91 Å². The van der Waals surface area contributed by atoms with Crippen molar-refractivity contribution in [2.24, 2.45) is 0 Å². The smallest absolute Gasteiger partial charge is 0.246 e. The first kappa shape index (κ1) is 10.2. The Morgan fingerprint density at radius 1 is 1.73 bits per heavy atom. The average molecular weight is 157 g/mol. The molecule has 0 spiro atoms. The number of amides is 1. The van der Waals surface area contributed by atoms with E-state index < -0.39 is 5.54 Å². The summed E-state index contributed by atoms with van der Waals surface area (Å²) in [6, 6.07) is 0. The zero-order chi connectivity index (χ0) is 9.07. The predicted octanol–water partition coefficient (Wildman–Crippen LogP) is 0.402. The van der Waals surface area contributed by atoms with Gasteiger partial charge >= 0.3 is 0 Å². The minimum absolute atomic E-state index is 0.0525. The minimum Gasteiger partial charge on any atom is -0.394 e. The van der Waals surface area contributed by atoms with E-state index in [2.05, 4.69) is 6.58 Å². The summed E-state index contributed by atoms with van der Waals surface area (Å²) < 4.78 is 0. The van der Waals surface area contributed by atoms with Crippen molar-refractivity contribution < 1.29 is 9.90 Å². The van der Waals surface area contributed by atoms with Gasteiger partial charge in [-0.05, 0) is 19.9 Å². The van der Waals surface area contributed by atoms with Crippen LogP contribution in [-0.4, -0.2) is 35.1 Å². The third kappa shape index (κ3) is 2.35. The van der Waals surface area contributed by atoms with Gasteiger partial charge in [-0.15, -0.1) is 0 Å². The Morgan fingerprint density at radius 3 is 2.45 bits per heavy atom. The predicted molar refractivity (Wildman–Crippen MR) is 44.1 cm³/mol. The molecule has 0 saturated carbocycles. The Balaban J connectivity index is 4.33. The van der Waals surface area contributed by atoms with Crippen molar-refractivity contribution in [1.82, 2.24) is 4.90 Å². The Morgan fingerprint density at radius 2 is 2.18 bits per heavy atom. The van der Waals surface area contributed by atoms with Gasteiger partial charge in [0.2, 0.25) is 5.91 Å². The first-order valence-electron chi connectivity index (χ1n) is 3.47. The van der Waals surface area contributed by atoms with Gasteiger partial charge in [0.15, 0.2) is 0 Å². The fourth-order valence-electron chi connectivity index (χ4n) is 0.541. The lowest BCUT2D eigenvalue weighted by Gasteiger charge is -2.32. The van der Waals surface area contributed by atoms with Crippen molar-refractivity contribution in [2.75, 3.05) is 13.7 Å². The number of carbonyl (C=O) groups is 1. The number of aliphatic hydroxyl groups excluding tert-OH is 1. The molecule has 0 heterocycles. The molecule has 64 valence electrons. The molecule has 0 atom stereocenters. The van der Waals surface area contributed by atoms with Crippen LogP contribution >= 0.6 is 0 Å². The Bertz CT molecular complexity index is 163. The molecule has 0 aliphatic heterocycles. The third-order valence-corrected chi connectivity index (χ3v) is 1.80. The number of hydrogen-bond acceptors (Lipinski definition) is 2. The van der Waals surface area contributed by atoms with E-state index in [-0.39, 0.29) is 12.5 Å². The fourth-order valence-corrected chi connectivity index (χ4v) is 0.541. The molecule has 0 rings (SSSR count). The summed E-state index contributed by atoms with van der Waals surface area (Å²) in [7, 11) is 1.64. The van der Waals surface area contributed by atoms with Crippen LogP contribution in [0.1, 0.15) is 13.8 Å². The van der Waals surface area contributed by atoms with Gasteiger partial charge in [-0.3, -0.25) is 4.79 Å². The highest BCUT2D eigenvalue weighted by Crippen LogP contribution is 2.10. The minimum atomic E-state index is -0.509. The number of carbonyl (C=O) groups excluding carboxylic acids is 1. The zero-order valence-corrected chi connectivity index (χ0v) is 7.29. The number of aliphatic hydroxyl groups is 1. The summed E-state index contributed by atoms with van der Waals surface area (Å²) in [5.41, 5.74) is -0.509. The van der Waals surface area contributed by atoms with Crippen LogP contribution in [0.3, 0.4) is 0 Å². The monoisotopic (exact) mass is 157 g/mol. The summed E-state index contributed by atoms with van der Waals surface area (Å²) >= 11 is 0. The molecule has 0 aromatic carbocycles. The van der Waals surface area contributed by atoms with E-state index in [4.69, 9.17) is 5.11 Å². The number of nitrogens with zero attached hydrogens (tertiary/aromatic N) is 1. The number of likely N-dealkylation sites (N-methyl/N-ethyl adjacent to an activating group) is 1. The molecule has 11 heavy (non-hydrogen) atoms. The first-order valence-corrected chi connectivity index (χ1v) is 3.47. The zero-order valence-electron chi connectivity index (χ0n) is 7.29. The Kier molecular flexibility index (Phi) is 3.26. The maximum absolute atomic E-state index is 11.0. The molecule has 0 aliphatic carbocycles. The van der Waals surface area contributed by atoms with Crippen molar-refractivity contribution in [3.8, 4) is 0 Å². The third-order valence-electron chi connectivity index (χ3n) is 1.80. The fraction of sp³-hybridized carbons (Fsp3) is 0.625. The van der Waals surface area contributed by atoms with Crippen LogP contribution in [0.2, 0.25) is 0 Å². The Hall–Kier alpha value is -0.830. The van der Waals surface area contributed by atoms with Crippen LogP contribution in [0.5, 0.6) is 0 Å². The highest BCUT2D eigenvalue weighted by atomic mass is 16.3. The molecule has 0 bridgehead atoms. The molecule has 0 aromatic heterocycles. The summed E-state index contributed by atoms with van der Waals surface area (Å²) in [5.74, 6) is -0.177. The summed E-state index contributed by atoms with van der Waals surface area (Å²) in [4.78, 5) is 12.5. The van der Waals surface area contributed by atoms with Crippen LogP contribution < -0.4 is 0 Å². The molecule has 0 fully saturated rings. The van der Waals surface area contributed by atoms with Crippen molar-refractivity contribution in [1.29, 1.82) is 0 Å². The Labute approximate surface area is 67.3 Å². The van der Waals surface area contributed by atoms with Gasteiger partial charge in [0.25, 0.3) is 0 Å².